The molecule has 8 heteroatoms. The molecule has 0 atom stereocenters. The van der Waals surface area contributed by atoms with Gasteiger partial charge in [-0.3, -0.25) is 24.8 Å². The summed E-state index contributed by atoms with van der Waals surface area (Å²) < 4.78 is 0. The molecule has 2 aromatic rings. The van der Waals surface area contributed by atoms with E-state index in [-0.39, 0.29) is 11.6 Å². The van der Waals surface area contributed by atoms with E-state index in [0.29, 0.717) is 24.6 Å². The molecule has 1 aromatic carbocycles. The van der Waals surface area contributed by atoms with E-state index >= 15 is 0 Å². The van der Waals surface area contributed by atoms with E-state index in [0.717, 1.165) is 56.8 Å². The topological polar surface area (TPSA) is 82.8 Å². The van der Waals surface area contributed by atoms with E-state index in [9.17, 15) is 14.9 Å². The quantitative estimate of drug-likeness (QED) is 0.543. The Balaban J connectivity index is 1.48. The van der Waals surface area contributed by atoms with Crippen molar-refractivity contribution in [1.29, 1.82) is 0 Å². The highest BCUT2D eigenvalue weighted by molar-refractivity contribution is 6.00. The lowest BCUT2D eigenvalue weighted by Crippen LogP contribution is -2.48. The van der Waals surface area contributed by atoms with Gasteiger partial charge in [-0.05, 0) is 36.5 Å². The first-order chi connectivity index (χ1) is 15.0. The van der Waals surface area contributed by atoms with Gasteiger partial charge < -0.3 is 9.80 Å². The molecule has 0 spiro atoms. The molecule has 2 aliphatic heterocycles. The number of non-ortho nitro benzene ring substituents is 1. The highest BCUT2D eigenvalue weighted by atomic mass is 16.6. The average molecular weight is 424 g/mol. The summed E-state index contributed by atoms with van der Waals surface area (Å²) in [5.41, 5.74) is 2.39. The first kappa shape index (κ1) is 21.2. The number of carbonyl (C=O) groups is 1. The lowest BCUT2D eigenvalue weighted by Gasteiger charge is -2.36. The molecule has 0 radical (unpaired) electrons. The molecular weight excluding hydrogens is 394 g/mol. The number of carbonyl (C=O) groups excluding carboxylic acids is 1. The van der Waals surface area contributed by atoms with Crippen LogP contribution in [-0.4, -0.2) is 64.9 Å². The Kier molecular flexibility index (Phi) is 6.46. The van der Waals surface area contributed by atoms with Crippen LogP contribution in [0.15, 0.2) is 42.7 Å². The van der Waals surface area contributed by atoms with Crippen LogP contribution in [0.2, 0.25) is 0 Å². The van der Waals surface area contributed by atoms with E-state index < -0.39 is 4.92 Å². The van der Waals surface area contributed by atoms with Gasteiger partial charge in [0.2, 0.25) is 0 Å². The van der Waals surface area contributed by atoms with Crippen LogP contribution in [0, 0.1) is 16.0 Å². The van der Waals surface area contributed by atoms with Crippen LogP contribution in [0.4, 0.5) is 11.4 Å². The Hall–Kier alpha value is -3.00. The maximum absolute atomic E-state index is 13.4. The molecule has 0 saturated carbocycles. The second-order valence-electron chi connectivity index (χ2n) is 8.56. The predicted molar refractivity (Wildman–Crippen MR) is 119 cm³/mol. The third-order valence-electron chi connectivity index (χ3n) is 6.33. The average Bonchev–Trinajstić information content (AvgIpc) is 2.80. The predicted octanol–water partition coefficient (Wildman–Crippen LogP) is 3.18. The van der Waals surface area contributed by atoms with Crippen molar-refractivity contribution in [2.75, 3.05) is 44.2 Å². The number of rotatable bonds is 5. The van der Waals surface area contributed by atoms with Gasteiger partial charge in [0.1, 0.15) is 0 Å². The van der Waals surface area contributed by atoms with E-state index in [1.807, 2.05) is 17.2 Å². The van der Waals surface area contributed by atoms with Gasteiger partial charge in [-0.2, -0.15) is 0 Å². The van der Waals surface area contributed by atoms with Gasteiger partial charge in [-0.15, -0.1) is 0 Å². The number of benzene rings is 1. The minimum Gasteiger partial charge on any atom is -0.371 e. The Bertz CT molecular complexity index is 920. The Morgan fingerprint density at radius 2 is 1.87 bits per heavy atom. The van der Waals surface area contributed by atoms with Gasteiger partial charge >= 0.3 is 0 Å². The fraction of sp³-hybridized carbons (Fsp3) is 0.478. The summed E-state index contributed by atoms with van der Waals surface area (Å²) in [5.74, 6) is 0.555. The summed E-state index contributed by atoms with van der Waals surface area (Å²) in [5, 5.41) is 11.4. The zero-order chi connectivity index (χ0) is 21.8. The number of aromatic nitrogens is 1. The number of amides is 1. The van der Waals surface area contributed by atoms with Crippen molar-refractivity contribution < 1.29 is 9.72 Å². The summed E-state index contributed by atoms with van der Waals surface area (Å²) >= 11 is 0. The highest BCUT2D eigenvalue weighted by Crippen LogP contribution is 2.30. The molecule has 3 heterocycles. The molecular formula is C23H29N5O3. The number of nitrogens with zero attached hydrogens (tertiary/aromatic N) is 5. The zero-order valence-electron chi connectivity index (χ0n) is 17.9. The summed E-state index contributed by atoms with van der Waals surface area (Å²) in [6.45, 7) is 7.55. The molecule has 2 fully saturated rings. The second-order valence-corrected chi connectivity index (χ2v) is 8.56. The number of nitro benzene ring substituents is 1. The minimum atomic E-state index is -0.426. The first-order valence-electron chi connectivity index (χ1n) is 10.9. The third kappa shape index (κ3) is 5.02. The van der Waals surface area contributed by atoms with Crippen LogP contribution >= 0.6 is 0 Å². The number of piperidine rings is 1. The molecule has 1 amide bonds. The molecule has 164 valence electrons. The normalized spacial score (nSPS) is 18.2. The van der Waals surface area contributed by atoms with E-state index in [1.165, 1.54) is 12.1 Å². The van der Waals surface area contributed by atoms with Crippen molar-refractivity contribution in [2.45, 2.75) is 26.3 Å². The SMILES string of the molecule is CC1CCN(c2ccc([N+](=O)[O-])cc2C(=O)N2CCN(Cc3cccnc3)CC2)CC1. The van der Waals surface area contributed by atoms with E-state index in [4.69, 9.17) is 0 Å². The number of hydrogen-bond donors (Lipinski definition) is 0. The lowest BCUT2D eigenvalue weighted by molar-refractivity contribution is -0.384. The molecule has 0 unspecified atom stereocenters. The zero-order valence-corrected chi connectivity index (χ0v) is 17.9. The summed E-state index contributed by atoms with van der Waals surface area (Å²) in [4.78, 5) is 34.8. The Morgan fingerprint density at radius 1 is 1.13 bits per heavy atom. The highest BCUT2D eigenvalue weighted by Gasteiger charge is 2.28. The molecule has 0 bridgehead atoms. The number of hydrogen-bond acceptors (Lipinski definition) is 6. The van der Waals surface area contributed by atoms with Crippen molar-refractivity contribution >= 4 is 17.3 Å². The van der Waals surface area contributed by atoms with Gasteiger partial charge in [0.25, 0.3) is 11.6 Å². The number of pyridine rings is 1. The van der Waals surface area contributed by atoms with Crippen molar-refractivity contribution in [3.63, 3.8) is 0 Å². The monoisotopic (exact) mass is 423 g/mol. The number of nitro groups is 1. The van der Waals surface area contributed by atoms with Crippen molar-refractivity contribution in [1.82, 2.24) is 14.8 Å². The van der Waals surface area contributed by atoms with Crippen LogP contribution in [0.1, 0.15) is 35.7 Å². The Morgan fingerprint density at radius 3 is 2.52 bits per heavy atom. The smallest absolute Gasteiger partial charge is 0.270 e. The summed E-state index contributed by atoms with van der Waals surface area (Å²) in [7, 11) is 0. The molecule has 2 saturated heterocycles. The molecule has 0 aliphatic carbocycles. The molecule has 8 nitrogen and oxygen atoms in total. The molecule has 4 rings (SSSR count). The standard InChI is InChI=1S/C23H29N5O3/c1-18-6-9-26(10-7-18)22-5-4-20(28(30)31)15-21(22)23(29)27-13-11-25(12-14-27)17-19-3-2-8-24-16-19/h2-5,8,15-16,18H,6-7,9-14,17H2,1H3. The van der Waals surface area contributed by atoms with Crippen LogP contribution in [0.25, 0.3) is 0 Å². The summed E-state index contributed by atoms with van der Waals surface area (Å²) in [6.07, 6.45) is 5.77. The molecule has 0 N–H and O–H groups in total. The summed E-state index contributed by atoms with van der Waals surface area (Å²) in [6, 6.07) is 8.70. The molecule has 31 heavy (non-hydrogen) atoms. The maximum Gasteiger partial charge on any atom is 0.270 e. The fourth-order valence-corrected chi connectivity index (χ4v) is 4.36. The fourth-order valence-electron chi connectivity index (χ4n) is 4.36. The Labute approximate surface area is 182 Å². The largest absolute Gasteiger partial charge is 0.371 e. The first-order valence-corrected chi connectivity index (χ1v) is 10.9. The van der Waals surface area contributed by atoms with Gasteiger partial charge in [0.15, 0.2) is 0 Å². The van der Waals surface area contributed by atoms with Crippen LogP contribution in [0.3, 0.4) is 0 Å². The van der Waals surface area contributed by atoms with Crippen molar-refractivity contribution in [3.05, 3.63) is 64.0 Å². The van der Waals surface area contributed by atoms with Crippen LogP contribution < -0.4 is 4.90 Å². The van der Waals surface area contributed by atoms with Crippen molar-refractivity contribution in [3.8, 4) is 0 Å². The number of anilines is 1. The van der Waals surface area contributed by atoms with Gasteiger partial charge in [0, 0.05) is 70.3 Å². The van der Waals surface area contributed by atoms with E-state index in [2.05, 4.69) is 27.8 Å². The van der Waals surface area contributed by atoms with Crippen LogP contribution in [0.5, 0.6) is 0 Å². The maximum atomic E-state index is 13.4. The third-order valence-corrected chi connectivity index (χ3v) is 6.33. The number of piperazine rings is 1. The second kappa shape index (κ2) is 9.43. The van der Waals surface area contributed by atoms with Gasteiger partial charge in [-0.25, -0.2) is 0 Å². The minimum absolute atomic E-state index is 0.0345. The molecule has 1 aromatic heterocycles. The molecule has 2 aliphatic rings. The van der Waals surface area contributed by atoms with E-state index in [1.54, 1.807) is 12.3 Å². The van der Waals surface area contributed by atoms with Gasteiger partial charge in [-0.1, -0.05) is 13.0 Å². The van der Waals surface area contributed by atoms with Crippen LogP contribution in [-0.2, 0) is 6.54 Å². The lowest BCUT2D eigenvalue weighted by atomic mass is 9.97. The van der Waals surface area contributed by atoms with Gasteiger partial charge in [0.05, 0.1) is 16.2 Å². The van der Waals surface area contributed by atoms with Crippen molar-refractivity contribution in [2.24, 2.45) is 5.92 Å².